The van der Waals surface area contributed by atoms with Crippen molar-refractivity contribution in [2.45, 2.75) is 24.9 Å². The fourth-order valence-electron chi connectivity index (χ4n) is 0.455. The van der Waals surface area contributed by atoms with Crippen LogP contribution in [0.5, 0.6) is 0 Å². The normalized spacial score (nSPS) is 12.4. The van der Waals surface area contributed by atoms with Crippen LogP contribution in [0.15, 0.2) is 0 Å². The van der Waals surface area contributed by atoms with Gasteiger partial charge in [0.2, 0.25) is 0 Å². The SMILES string of the molecule is CCCC(O)(O)S(=O)(=O)O.[H-].[Na+]. The fourth-order valence-corrected chi connectivity index (χ4v) is 0.917. The van der Waals surface area contributed by atoms with Crippen molar-refractivity contribution in [2.24, 2.45) is 0 Å². The van der Waals surface area contributed by atoms with Gasteiger partial charge in [0.15, 0.2) is 0 Å². The second-order valence-electron chi connectivity index (χ2n) is 1.97. The van der Waals surface area contributed by atoms with Crippen molar-refractivity contribution in [3.8, 4) is 0 Å². The third kappa shape index (κ3) is 4.41. The Bertz CT molecular complexity index is 201. The van der Waals surface area contributed by atoms with Gasteiger partial charge >= 0.3 is 39.7 Å². The minimum atomic E-state index is -4.75. The molecule has 0 aliphatic carbocycles. The molecule has 0 aromatic carbocycles. The van der Waals surface area contributed by atoms with Gasteiger partial charge in [0, 0.05) is 6.42 Å². The van der Waals surface area contributed by atoms with Gasteiger partial charge in [-0.3, -0.25) is 4.55 Å². The molecular weight excluding hydrogens is 183 g/mol. The van der Waals surface area contributed by atoms with Crippen molar-refractivity contribution in [1.29, 1.82) is 0 Å². The van der Waals surface area contributed by atoms with Crippen molar-refractivity contribution >= 4 is 10.1 Å². The quantitative estimate of drug-likeness (QED) is 0.245. The van der Waals surface area contributed by atoms with Crippen molar-refractivity contribution in [3.05, 3.63) is 0 Å². The molecule has 0 saturated carbocycles. The summed E-state index contributed by atoms with van der Waals surface area (Å²) in [5.41, 5.74) is 0. The number of aliphatic hydroxyl groups is 2. The molecular formula is C4H11NaO5S. The van der Waals surface area contributed by atoms with Gasteiger partial charge in [-0.15, -0.1) is 0 Å². The summed E-state index contributed by atoms with van der Waals surface area (Å²) in [4.78, 5) is 0. The zero-order valence-electron chi connectivity index (χ0n) is 7.48. The Hall–Kier alpha value is 0.830. The predicted molar refractivity (Wildman–Crippen MR) is 34.7 cm³/mol. The number of hydrogen-bond acceptors (Lipinski definition) is 4. The predicted octanol–water partition coefficient (Wildman–Crippen LogP) is -3.57. The molecule has 0 fully saturated rings. The molecule has 5 nitrogen and oxygen atoms in total. The van der Waals surface area contributed by atoms with E-state index < -0.39 is 21.7 Å². The summed E-state index contributed by atoms with van der Waals surface area (Å²) in [5.74, 6) is 0. The van der Waals surface area contributed by atoms with Crippen molar-refractivity contribution < 1.29 is 54.2 Å². The van der Waals surface area contributed by atoms with Gasteiger partial charge in [-0.2, -0.15) is 8.42 Å². The number of hydrogen-bond donors (Lipinski definition) is 3. The van der Waals surface area contributed by atoms with Crippen LogP contribution in [0.3, 0.4) is 0 Å². The summed E-state index contributed by atoms with van der Waals surface area (Å²) in [5, 5.41) is 14.2. The first-order chi connectivity index (χ1) is 4.31. The molecule has 0 aliphatic rings. The van der Waals surface area contributed by atoms with Crippen molar-refractivity contribution in [3.63, 3.8) is 0 Å². The van der Waals surface area contributed by atoms with Gasteiger partial charge in [0.05, 0.1) is 0 Å². The molecule has 0 heterocycles. The molecule has 0 aromatic rings. The molecule has 64 valence electrons. The van der Waals surface area contributed by atoms with Crippen LogP contribution < -0.4 is 29.6 Å². The summed E-state index contributed by atoms with van der Waals surface area (Å²) in [6, 6.07) is 0. The Kier molecular flexibility index (Phi) is 6.21. The Morgan fingerprint density at radius 2 is 1.82 bits per heavy atom. The first kappa shape index (κ1) is 14.4. The summed E-state index contributed by atoms with van der Waals surface area (Å²) in [7, 11) is -4.75. The Morgan fingerprint density at radius 3 is 1.91 bits per heavy atom. The summed E-state index contributed by atoms with van der Waals surface area (Å²) < 4.78 is 28.3. The van der Waals surface area contributed by atoms with Crippen LogP contribution in [0.2, 0.25) is 0 Å². The summed E-state index contributed by atoms with van der Waals surface area (Å²) >= 11 is 0. The van der Waals surface area contributed by atoms with E-state index in [1.165, 1.54) is 0 Å². The van der Waals surface area contributed by atoms with Gasteiger partial charge in [0.25, 0.3) is 5.12 Å². The minimum absolute atomic E-state index is 0. The van der Waals surface area contributed by atoms with Crippen LogP contribution in [-0.4, -0.2) is 28.3 Å². The topological polar surface area (TPSA) is 94.8 Å². The molecule has 11 heavy (non-hydrogen) atoms. The molecule has 0 aliphatic heterocycles. The molecule has 7 heteroatoms. The molecule has 0 spiro atoms. The molecule has 0 radical (unpaired) electrons. The van der Waals surface area contributed by atoms with E-state index >= 15 is 0 Å². The van der Waals surface area contributed by atoms with Gasteiger partial charge < -0.3 is 11.6 Å². The van der Waals surface area contributed by atoms with E-state index in [0.29, 0.717) is 0 Å². The van der Waals surface area contributed by atoms with Crippen LogP contribution >= 0.6 is 0 Å². The first-order valence-corrected chi connectivity index (χ1v) is 4.17. The third-order valence-corrected chi connectivity index (χ3v) is 2.02. The molecule has 0 bridgehead atoms. The zero-order valence-corrected chi connectivity index (χ0v) is 9.30. The van der Waals surface area contributed by atoms with E-state index in [2.05, 4.69) is 0 Å². The summed E-state index contributed by atoms with van der Waals surface area (Å²) in [6.07, 6.45) is -0.140. The Balaban J connectivity index is -0.000000405. The van der Waals surface area contributed by atoms with Crippen LogP contribution in [0.25, 0.3) is 0 Å². The van der Waals surface area contributed by atoms with Gasteiger partial charge in [0.1, 0.15) is 0 Å². The third-order valence-electron chi connectivity index (χ3n) is 0.989. The van der Waals surface area contributed by atoms with Crippen LogP contribution in [0.1, 0.15) is 21.2 Å². The maximum Gasteiger partial charge on any atom is 1.00 e. The van der Waals surface area contributed by atoms with Gasteiger partial charge in [-0.25, -0.2) is 0 Å². The van der Waals surface area contributed by atoms with Crippen molar-refractivity contribution in [2.75, 3.05) is 0 Å². The van der Waals surface area contributed by atoms with Crippen LogP contribution in [-0.2, 0) is 10.1 Å². The molecule has 0 unspecified atom stereocenters. The monoisotopic (exact) mass is 194 g/mol. The molecule has 0 amide bonds. The van der Waals surface area contributed by atoms with E-state index in [9.17, 15) is 8.42 Å². The molecule has 0 rings (SSSR count). The van der Waals surface area contributed by atoms with Crippen LogP contribution in [0.4, 0.5) is 0 Å². The molecule has 0 saturated heterocycles. The molecule has 3 N–H and O–H groups in total. The number of rotatable bonds is 3. The van der Waals surface area contributed by atoms with Gasteiger partial charge in [-0.05, 0) is 6.42 Å². The Morgan fingerprint density at radius 1 is 1.45 bits per heavy atom. The van der Waals surface area contributed by atoms with E-state index in [1.807, 2.05) is 0 Å². The zero-order chi connectivity index (χ0) is 8.41. The minimum Gasteiger partial charge on any atom is -1.00 e. The molecule has 0 atom stereocenters. The smallest absolute Gasteiger partial charge is 1.00 e. The second-order valence-corrected chi connectivity index (χ2v) is 3.57. The maximum atomic E-state index is 10.1. The maximum absolute atomic E-state index is 10.1. The van der Waals surface area contributed by atoms with Crippen molar-refractivity contribution in [1.82, 2.24) is 0 Å². The second kappa shape index (κ2) is 4.76. The van der Waals surface area contributed by atoms with E-state index in [1.54, 1.807) is 6.92 Å². The van der Waals surface area contributed by atoms with E-state index in [4.69, 9.17) is 14.8 Å². The van der Waals surface area contributed by atoms with Crippen LogP contribution in [0, 0.1) is 0 Å². The van der Waals surface area contributed by atoms with E-state index in [0.717, 1.165) is 0 Å². The average molecular weight is 194 g/mol. The van der Waals surface area contributed by atoms with E-state index in [-0.39, 0.29) is 37.4 Å². The standard InChI is InChI=1S/C4H10O5S.Na.H/c1-2-3-4(5,6)10(7,8)9;;/h5-6H,2-3H2,1H3,(H,7,8,9);;/q;+1;-1. The summed E-state index contributed by atoms with van der Waals surface area (Å²) in [6.45, 7) is 1.56. The molecule has 0 aromatic heterocycles. The largest absolute Gasteiger partial charge is 1.00 e. The fraction of sp³-hybridized carbons (Fsp3) is 1.00. The Labute approximate surface area is 88.9 Å². The van der Waals surface area contributed by atoms with Gasteiger partial charge in [-0.1, -0.05) is 6.92 Å². The average Bonchev–Trinajstić information content (AvgIpc) is 1.61. The first-order valence-electron chi connectivity index (χ1n) is 2.73.